The lowest BCUT2D eigenvalue weighted by Crippen LogP contribution is -2.42. The van der Waals surface area contributed by atoms with E-state index >= 15 is 0 Å². The minimum Gasteiger partial charge on any atom is -0.459 e. The van der Waals surface area contributed by atoms with Crippen LogP contribution in [-0.4, -0.2) is 54.5 Å². The van der Waals surface area contributed by atoms with Crippen molar-refractivity contribution in [3.05, 3.63) is 47.7 Å². The predicted molar refractivity (Wildman–Crippen MR) is 122 cm³/mol. The lowest BCUT2D eigenvalue weighted by Gasteiger charge is -2.25. The fraction of sp³-hybridized carbons (Fsp3) is 0.476. The Morgan fingerprint density at radius 3 is 2.78 bits per heavy atom. The quantitative estimate of drug-likeness (QED) is 0.313. The largest absolute Gasteiger partial charge is 0.459 e. The zero-order valence-corrected chi connectivity index (χ0v) is 18.5. The monoisotopic (exact) mass is 480 g/mol. The van der Waals surface area contributed by atoms with Crippen LogP contribution in [-0.2, 0) is 6.54 Å². The Kier molecular flexibility index (Phi) is 6.81. The lowest BCUT2D eigenvalue weighted by molar-refractivity contribution is 0.259. The zero-order valence-electron chi connectivity index (χ0n) is 16.1. The molecule has 3 heterocycles. The van der Waals surface area contributed by atoms with Crippen LogP contribution in [0.2, 0.25) is 0 Å². The molecule has 146 valence electrons. The first-order valence-electron chi connectivity index (χ1n) is 9.65. The molecule has 5 nitrogen and oxygen atoms in total. The van der Waals surface area contributed by atoms with Gasteiger partial charge in [-0.15, -0.1) is 24.0 Å². The molecule has 1 aromatic heterocycles. The van der Waals surface area contributed by atoms with Crippen molar-refractivity contribution in [1.82, 2.24) is 15.1 Å². The molecule has 2 aliphatic heterocycles. The summed E-state index contributed by atoms with van der Waals surface area (Å²) in [4.78, 5) is 9.83. The van der Waals surface area contributed by atoms with Crippen molar-refractivity contribution in [2.75, 3.05) is 32.7 Å². The molecule has 1 aromatic carbocycles. The van der Waals surface area contributed by atoms with E-state index in [9.17, 15) is 0 Å². The van der Waals surface area contributed by atoms with Gasteiger partial charge in [0.05, 0.1) is 0 Å². The van der Waals surface area contributed by atoms with Crippen molar-refractivity contribution in [3.8, 4) is 0 Å². The summed E-state index contributed by atoms with van der Waals surface area (Å²) in [6.45, 7) is 9.99. The van der Waals surface area contributed by atoms with E-state index in [4.69, 9.17) is 9.41 Å². The molecule has 0 saturated carbocycles. The van der Waals surface area contributed by atoms with E-state index in [0.29, 0.717) is 12.6 Å². The molecule has 0 bridgehead atoms. The predicted octanol–water partition coefficient (Wildman–Crippen LogP) is 3.77. The number of benzene rings is 1. The topological polar surface area (TPSA) is 44.0 Å². The van der Waals surface area contributed by atoms with Gasteiger partial charge in [-0.3, -0.25) is 4.90 Å². The van der Waals surface area contributed by atoms with Gasteiger partial charge in [-0.1, -0.05) is 30.4 Å². The van der Waals surface area contributed by atoms with Gasteiger partial charge >= 0.3 is 0 Å². The zero-order chi connectivity index (χ0) is 17.9. The molecule has 27 heavy (non-hydrogen) atoms. The summed E-state index contributed by atoms with van der Waals surface area (Å²) in [7, 11) is 0. The van der Waals surface area contributed by atoms with Crippen molar-refractivity contribution < 1.29 is 4.42 Å². The number of likely N-dealkylation sites (tertiary alicyclic amines) is 1. The number of furan rings is 1. The van der Waals surface area contributed by atoms with Gasteiger partial charge in [-0.2, -0.15) is 0 Å². The van der Waals surface area contributed by atoms with Crippen LogP contribution in [0.25, 0.3) is 11.0 Å². The highest BCUT2D eigenvalue weighted by Crippen LogP contribution is 2.25. The van der Waals surface area contributed by atoms with Gasteiger partial charge in [0.25, 0.3) is 0 Å². The van der Waals surface area contributed by atoms with Gasteiger partial charge in [0.2, 0.25) is 0 Å². The molecule has 2 aliphatic rings. The van der Waals surface area contributed by atoms with Gasteiger partial charge in [0.15, 0.2) is 5.96 Å². The van der Waals surface area contributed by atoms with Crippen molar-refractivity contribution in [3.63, 3.8) is 0 Å². The minimum absolute atomic E-state index is 0. The molecular weight excluding hydrogens is 451 g/mol. The molecule has 1 saturated heterocycles. The first kappa shape index (κ1) is 20.2. The van der Waals surface area contributed by atoms with E-state index in [1.165, 1.54) is 17.4 Å². The van der Waals surface area contributed by atoms with Crippen molar-refractivity contribution in [2.45, 2.75) is 32.9 Å². The molecule has 0 aliphatic carbocycles. The number of aryl methyl sites for hydroxylation is 1. The van der Waals surface area contributed by atoms with Crippen LogP contribution >= 0.6 is 24.0 Å². The number of halogens is 1. The van der Waals surface area contributed by atoms with Crippen LogP contribution < -0.4 is 5.32 Å². The number of rotatable bonds is 4. The van der Waals surface area contributed by atoms with Crippen LogP contribution in [0, 0.1) is 6.92 Å². The van der Waals surface area contributed by atoms with E-state index in [0.717, 1.165) is 50.0 Å². The third-order valence-corrected chi connectivity index (χ3v) is 5.48. The summed E-state index contributed by atoms with van der Waals surface area (Å²) in [6.07, 6.45) is 5.74. The third-order valence-electron chi connectivity index (χ3n) is 5.48. The molecule has 2 aromatic rings. The molecule has 0 spiro atoms. The van der Waals surface area contributed by atoms with E-state index in [2.05, 4.69) is 53.2 Å². The summed E-state index contributed by atoms with van der Waals surface area (Å²) in [5, 5.41) is 4.64. The van der Waals surface area contributed by atoms with Gasteiger partial charge < -0.3 is 14.6 Å². The van der Waals surface area contributed by atoms with E-state index < -0.39 is 0 Å². The fourth-order valence-corrected chi connectivity index (χ4v) is 3.97. The highest BCUT2D eigenvalue weighted by Gasteiger charge is 2.29. The maximum atomic E-state index is 6.02. The first-order valence-corrected chi connectivity index (χ1v) is 9.65. The van der Waals surface area contributed by atoms with Crippen molar-refractivity contribution in [2.24, 2.45) is 4.99 Å². The first-order chi connectivity index (χ1) is 12.8. The SMILES string of the molecule is CCNC(=NCc1oc2ccccc2c1C)N1CCC(N2CC=CC2)C1.I. The van der Waals surface area contributed by atoms with Gasteiger partial charge in [-0.05, 0) is 26.3 Å². The fourth-order valence-electron chi connectivity index (χ4n) is 3.97. The summed E-state index contributed by atoms with van der Waals surface area (Å²) in [6, 6.07) is 8.83. The van der Waals surface area contributed by atoms with E-state index in [1.807, 2.05) is 12.1 Å². The highest BCUT2D eigenvalue weighted by atomic mass is 127. The summed E-state index contributed by atoms with van der Waals surface area (Å²) in [5.74, 6) is 1.96. The summed E-state index contributed by atoms with van der Waals surface area (Å²) < 4.78 is 6.02. The van der Waals surface area contributed by atoms with Crippen LogP contribution in [0.1, 0.15) is 24.7 Å². The Bertz CT molecular complexity index is 821. The number of hydrogen-bond donors (Lipinski definition) is 1. The van der Waals surface area contributed by atoms with E-state index in [1.54, 1.807) is 0 Å². The standard InChI is InChI=1S/C21H28N4O.HI/c1-3-22-21(25-13-10-17(15-25)24-11-6-7-12-24)23-14-20-16(2)18-8-4-5-9-19(18)26-20;/h4-9,17H,3,10-15H2,1-2H3,(H,22,23);1H. The highest BCUT2D eigenvalue weighted by molar-refractivity contribution is 14.0. The molecule has 0 amide bonds. The molecule has 1 fully saturated rings. The Morgan fingerprint density at radius 1 is 1.26 bits per heavy atom. The summed E-state index contributed by atoms with van der Waals surface area (Å²) >= 11 is 0. The average molecular weight is 480 g/mol. The summed E-state index contributed by atoms with van der Waals surface area (Å²) in [5.41, 5.74) is 2.14. The molecule has 0 radical (unpaired) electrons. The number of nitrogens with zero attached hydrogens (tertiary/aromatic N) is 3. The van der Waals surface area contributed by atoms with Crippen LogP contribution in [0.15, 0.2) is 45.8 Å². The number of para-hydroxylation sites is 1. The third kappa shape index (κ3) is 4.32. The van der Waals surface area contributed by atoms with Crippen LogP contribution in [0.4, 0.5) is 0 Å². The average Bonchev–Trinajstić information content (AvgIpc) is 3.39. The van der Waals surface area contributed by atoms with Gasteiger partial charge in [0.1, 0.15) is 17.9 Å². The van der Waals surface area contributed by atoms with Gasteiger partial charge in [-0.25, -0.2) is 4.99 Å². The second-order valence-corrected chi connectivity index (χ2v) is 7.13. The second-order valence-electron chi connectivity index (χ2n) is 7.13. The minimum atomic E-state index is 0. The number of guanidine groups is 1. The molecular formula is C21H29IN4O. The Morgan fingerprint density at radius 2 is 2.04 bits per heavy atom. The van der Waals surface area contributed by atoms with Gasteiger partial charge in [0, 0.05) is 49.7 Å². The number of aliphatic imine (C=N–C) groups is 1. The Labute approximate surface area is 178 Å². The Balaban J connectivity index is 0.00000210. The lowest BCUT2D eigenvalue weighted by atomic mass is 10.1. The number of hydrogen-bond acceptors (Lipinski definition) is 3. The van der Waals surface area contributed by atoms with Crippen molar-refractivity contribution in [1.29, 1.82) is 0 Å². The molecule has 1 atom stereocenters. The maximum absolute atomic E-state index is 6.02. The number of fused-ring (bicyclic) bond motifs is 1. The van der Waals surface area contributed by atoms with Crippen LogP contribution in [0.3, 0.4) is 0 Å². The van der Waals surface area contributed by atoms with E-state index in [-0.39, 0.29) is 24.0 Å². The molecule has 1 unspecified atom stereocenters. The van der Waals surface area contributed by atoms with Crippen LogP contribution in [0.5, 0.6) is 0 Å². The van der Waals surface area contributed by atoms with Crippen molar-refractivity contribution >= 4 is 40.9 Å². The molecule has 6 heteroatoms. The molecule has 1 N–H and O–H groups in total. The second kappa shape index (κ2) is 9.10. The Hall–Kier alpha value is -1.54. The normalized spacial score (nSPS) is 20.4. The maximum Gasteiger partial charge on any atom is 0.194 e. The number of nitrogens with one attached hydrogen (secondary N) is 1. The smallest absolute Gasteiger partial charge is 0.194 e. The molecule has 4 rings (SSSR count).